The van der Waals surface area contributed by atoms with Crippen molar-refractivity contribution in [3.8, 4) is 0 Å². The largest absolute Gasteiger partial charge is 0.0925 e. The highest BCUT2D eigenvalue weighted by molar-refractivity contribution is 9.09. The predicted molar refractivity (Wildman–Crippen MR) is 105 cm³/mol. The fraction of sp³-hybridized carbons (Fsp3) is 1.00. The molecule has 0 aliphatic heterocycles. The molecule has 3 rings (SSSR count). The molecule has 0 spiro atoms. The Morgan fingerprint density at radius 3 is 2.48 bits per heavy atom. The first-order valence-electron chi connectivity index (χ1n) is 10.6. The summed E-state index contributed by atoms with van der Waals surface area (Å²) in [5.41, 5.74) is 0.657. The zero-order valence-electron chi connectivity index (χ0n) is 16.0. The standard InChI is InChI=1S/C22H39Br/c1-5-7-17-16(6-2)8-9-19-18(17)12-13-22(4)20(15(3)14-23)10-11-21(19)22/h15-21H,5-14H2,1-4H3. The van der Waals surface area contributed by atoms with Crippen LogP contribution < -0.4 is 0 Å². The van der Waals surface area contributed by atoms with Crippen LogP contribution in [0.25, 0.3) is 0 Å². The van der Waals surface area contributed by atoms with Crippen molar-refractivity contribution in [3.05, 3.63) is 0 Å². The molecule has 3 aliphatic carbocycles. The summed E-state index contributed by atoms with van der Waals surface area (Å²) in [6.07, 6.45) is 13.5. The van der Waals surface area contributed by atoms with E-state index in [1.54, 1.807) is 12.8 Å². The average Bonchev–Trinajstić information content (AvgIpc) is 2.92. The van der Waals surface area contributed by atoms with E-state index in [9.17, 15) is 0 Å². The van der Waals surface area contributed by atoms with E-state index in [-0.39, 0.29) is 0 Å². The highest BCUT2D eigenvalue weighted by Crippen LogP contribution is 2.64. The molecule has 3 fully saturated rings. The van der Waals surface area contributed by atoms with Gasteiger partial charge in [-0.2, -0.15) is 0 Å². The molecule has 0 radical (unpaired) electrons. The lowest BCUT2D eigenvalue weighted by atomic mass is 9.50. The van der Waals surface area contributed by atoms with Crippen molar-refractivity contribution < 1.29 is 0 Å². The summed E-state index contributed by atoms with van der Waals surface area (Å²) in [5.74, 6) is 7.12. The zero-order chi connectivity index (χ0) is 16.6. The summed E-state index contributed by atoms with van der Waals surface area (Å²) >= 11 is 3.78. The van der Waals surface area contributed by atoms with Gasteiger partial charge in [-0.15, -0.1) is 0 Å². The van der Waals surface area contributed by atoms with E-state index in [0.29, 0.717) is 5.41 Å². The van der Waals surface area contributed by atoms with Gasteiger partial charge in [0.2, 0.25) is 0 Å². The molecule has 3 saturated carbocycles. The first kappa shape index (κ1) is 18.3. The van der Waals surface area contributed by atoms with Crippen LogP contribution in [0.4, 0.5) is 0 Å². The maximum atomic E-state index is 3.78. The lowest BCUT2D eigenvalue weighted by Crippen LogP contribution is -2.48. The molecular weight excluding hydrogens is 344 g/mol. The van der Waals surface area contributed by atoms with Crippen LogP contribution in [0.1, 0.15) is 85.5 Å². The van der Waals surface area contributed by atoms with Gasteiger partial charge in [0.1, 0.15) is 0 Å². The Morgan fingerprint density at radius 1 is 1.04 bits per heavy atom. The molecule has 0 bridgehead atoms. The van der Waals surface area contributed by atoms with E-state index in [0.717, 1.165) is 41.4 Å². The van der Waals surface area contributed by atoms with Gasteiger partial charge in [-0.1, -0.05) is 62.9 Å². The molecule has 23 heavy (non-hydrogen) atoms. The Hall–Kier alpha value is 0.480. The molecule has 134 valence electrons. The van der Waals surface area contributed by atoms with E-state index in [1.807, 2.05) is 0 Å². The second-order valence-electron chi connectivity index (χ2n) is 9.49. The van der Waals surface area contributed by atoms with Gasteiger partial charge in [0.15, 0.2) is 0 Å². The highest BCUT2D eigenvalue weighted by atomic mass is 79.9. The van der Waals surface area contributed by atoms with Gasteiger partial charge in [0.05, 0.1) is 0 Å². The predicted octanol–water partition coefficient (Wildman–Crippen LogP) is 7.31. The van der Waals surface area contributed by atoms with Crippen LogP contribution in [0.15, 0.2) is 0 Å². The Bertz CT molecular complexity index is 391. The van der Waals surface area contributed by atoms with Crippen LogP contribution >= 0.6 is 15.9 Å². The molecule has 0 heterocycles. The Balaban J connectivity index is 1.80. The monoisotopic (exact) mass is 382 g/mol. The third-order valence-electron chi connectivity index (χ3n) is 8.67. The van der Waals surface area contributed by atoms with E-state index < -0.39 is 0 Å². The van der Waals surface area contributed by atoms with E-state index >= 15 is 0 Å². The van der Waals surface area contributed by atoms with Crippen molar-refractivity contribution >= 4 is 15.9 Å². The van der Waals surface area contributed by atoms with Gasteiger partial charge < -0.3 is 0 Å². The second-order valence-corrected chi connectivity index (χ2v) is 10.1. The van der Waals surface area contributed by atoms with E-state index in [4.69, 9.17) is 0 Å². The molecule has 0 aromatic carbocycles. The quantitative estimate of drug-likeness (QED) is 0.437. The van der Waals surface area contributed by atoms with Crippen molar-refractivity contribution in [3.63, 3.8) is 0 Å². The van der Waals surface area contributed by atoms with Gasteiger partial charge in [-0.05, 0) is 85.4 Å². The van der Waals surface area contributed by atoms with Crippen molar-refractivity contribution in [2.24, 2.45) is 46.8 Å². The molecule has 8 atom stereocenters. The maximum Gasteiger partial charge on any atom is 0.00598 e. The molecule has 0 saturated heterocycles. The molecule has 0 amide bonds. The molecule has 3 aliphatic rings. The Kier molecular flexibility index (Phi) is 5.87. The number of hydrogen-bond donors (Lipinski definition) is 0. The molecule has 1 heteroatoms. The van der Waals surface area contributed by atoms with Crippen LogP contribution in [0, 0.1) is 46.8 Å². The van der Waals surface area contributed by atoms with E-state index in [1.165, 1.54) is 50.3 Å². The number of hydrogen-bond acceptors (Lipinski definition) is 0. The van der Waals surface area contributed by atoms with Crippen LogP contribution in [-0.2, 0) is 0 Å². The van der Waals surface area contributed by atoms with Gasteiger partial charge >= 0.3 is 0 Å². The average molecular weight is 383 g/mol. The fourth-order valence-electron chi connectivity index (χ4n) is 7.61. The molecule has 8 unspecified atom stereocenters. The number of fused-ring (bicyclic) bond motifs is 3. The summed E-state index contributed by atoms with van der Waals surface area (Å²) in [4.78, 5) is 0. The lowest BCUT2D eigenvalue weighted by molar-refractivity contribution is -0.0602. The van der Waals surface area contributed by atoms with Crippen LogP contribution in [0.2, 0.25) is 0 Å². The highest BCUT2D eigenvalue weighted by Gasteiger charge is 2.56. The first-order chi connectivity index (χ1) is 11.1. The third-order valence-corrected chi connectivity index (χ3v) is 9.69. The number of alkyl halides is 1. The van der Waals surface area contributed by atoms with Gasteiger partial charge in [-0.25, -0.2) is 0 Å². The van der Waals surface area contributed by atoms with Gasteiger partial charge in [-0.3, -0.25) is 0 Å². The summed E-state index contributed by atoms with van der Waals surface area (Å²) in [5, 5.41) is 1.20. The topological polar surface area (TPSA) is 0 Å². The normalized spacial score (nSPS) is 47.9. The van der Waals surface area contributed by atoms with Crippen LogP contribution in [0.3, 0.4) is 0 Å². The molecular formula is C22H39Br. The SMILES string of the molecule is CCCC1C(CC)CCC2C1CCC1(C)C(C(C)CBr)CCC21. The number of rotatable bonds is 5. The summed E-state index contributed by atoms with van der Waals surface area (Å²) in [6, 6.07) is 0. The maximum absolute atomic E-state index is 3.78. The Morgan fingerprint density at radius 2 is 1.83 bits per heavy atom. The third kappa shape index (κ3) is 3.06. The minimum absolute atomic E-state index is 0.657. The van der Waals surface area contributed by atoms with Crippen molar-refractivity contribution in [2.45, 2.75) is 85.5 Å². The van der Waals surface area contributed by atoms with E-state index in [2.05, 4.69) is 43.6 Å². The van der Waals surface area contributed by atoms with Gasteiger partial charge in [0, 0.05) is 5.33 Å². The Labute approximate surface area is 153 Å². The molecule has 0 aromatic heterocycles. The van der Waals surface area contributed by atoms with Gasteiger partial charge in [0.25, 0.3) is 0 Å². The minimum atomic E-state index is 0.657. The fourth-order valence-corrected chi connectivity index (χ4v) is 8.06. The number of halogens is 1. The zero-order valence-corrected chi connectivity index (χ0v) is 17.6. The molecule has 0 aromatic rings. The van der Waals surface area contributed by atoms with Crippen molar-refractivity contribution in [1.82, 2.24) is 0 Å². The lowest BCUT2D eigenvalue weighted by Gasteiger charge is -2.55. The second kappa shape index (κ2) is 7.38. The minimum Gasteiger partial charge on any atom is -0.0925 e. The molecule has 0 nitrogen and oxygen atoms in total. The summed E-state index contributed by atoms with van der Waals surface area (Å²) in [6.45, 7) is 10.0. The van der Waals surface area contributed by atoms with Crippen LogP contribution in [-0.4, -0.2) is 5.33 Å². The smallest absolute Gasteiger partial charge is 0.00598 e. The van der Waals surface area contributed by atoms with Crippen molar-refractivity contribution in [1.29, 1.82) is 0 Å². The van der Waals surface area contributed by atoms with Crippen molar-refractivity contribution in [2.75, 3.05) is 5.33 Å². The van der Waals surface area contributed by atoms with Crippen LogP contribution in [0.5, 0.6) is 0 Å². The first-order valence-corrected chi connectivity index (χ1v) is 11.7. The summed E-state index contributed by atoms with van der Waals surface area (Å²) < 4.78 is 0. The molecule has 0 N–H and O–H groups in total. The summed E-state index contributed by atoms with van der Waals surface area (Å²) in [7, 11) is 0.